The minimum Gasteiger partial charge on any atom is -0.494 e. The minimum absolute atomic E-state index is 0.0955. The van der Waals surface area contributed by atoms with Gasteiger partial charge in [-0.2, -0.15) is 9.94 Å². The number of ketones is 1. The lowest BCUT2D eigenvalue weighted by Crippen LogP contribution is -2.40. The van der Waals surface area contributed by atoms with Crippen LogP contribution in [-0.4, -0.2) is 127 Å². The molecule has 0 atom stereocenters. The molecule has 16 heteroatoms. The zero-order valence-corrected chi connectivity index (χ0v) is 29.3. The number of H-pyrrole nitrogens is 1. The summed E-state index contributed by atoms with van der Waals surface area (Å²) in [6.07, 6.45) is 5.15. The van der Waals surface area contributed by atoms with E-state index in [1.54, 1.807) is 0 Å². The number of hydrogen-bond acceptors (Lipinski definition) is 12. The fourth-order valence-electron chi connectivity index (χ4n) is 5.64. The second kappa shape index (κ2) is 19.2. The molecule has 1 aliphatic heterocycles. The van der Waals surface area contributed by atoms with Crippen molar-refractivity contribution in [3.8, 4) is 17.6 Å². The third-order valence-corrected chi connectivity index (χ3v) is 8.26. The number of aromatic nitrogens is 5. The van der Waals surface area contributed by atoms with Crippen molar-refractivity contribution in [1.29, 1.82) is 5.26 Å². The van der Waals surface area contributed by atoms with Gasteiger partial charge in [-0.3, -0.25) is 14.4 Å². The van der Waals surface area contributed by atoms with Crippen molar-refractivity contribution in [2.45, 2.75) is 19.8 Å². The summed E-state index contributed by atoms with van der Waals surface area (Å²) in [4.78, 5) is 52.9. The number of fused-ring (bicyclic) bond motifs is 1. The average Bonchev–Trinajstić information content (AvgIpc) is 3.86. The Bertz CT molecular complexity index is 1890. The number of nitrogens with zero attached hydrogens (tertiary/aromatic N) is 6. The van der Waals surface area contributed by atoms with Gasteiger partial charge in [-0.05, 0) is 30.9 Å². The van der Waals surface area contributed by atoms with Crippen molar-refractivity contribution in [1.82, 2.24) is 34.9 Å². The summed E-state index contributed by atoms with van der Waals surface area (Å²) in [7, 11) is 1.44. The lowest BCUT2D eigenvalue weighted by Gasteiger charge is -2.28. The highest BCUT2D eigenvalue weighted by Gasteiger charge is 2.30. The molecular weight excluding hydrogens is 672 g/mol. The SMILES string of the molecule is CCOCCOCCOCCOCCNC(=O)c1ncn(-c2ncc(OC)c3c(C(=O)C(=O)N4CCC(=C(C#N)c5ccccc5)CC4)c[nH]c23)n1. The van der Waals surface area contributed by atoms with Gasteiger partial charge in [0, 0.05) is 32.4 Å². The lowest BCUT2D eigenvalue weighted by molar-refractivity contribution is -0.126. The van der Waals surface area contributed by atoms with Crippen LogP contribution in [-0.2, 0) is 23.7 Å². The molecule has 4 aromatic rings. The number of nitrogens with one attached hydrogen (secondary N) is 2. The van der Waals surface area contributed by atoms with Gasteiger partial charge in [-0.15, -0.1) is 5.10 Å². The van der Waals surface area contributed by atoms with Gasteiger partial charge in [0.2, 0.25) is 5.82 Å². The third kappa shape index (κ3) is 9.44. The second-order valence-corrected chi connectivity index (χ2v) is 11.5. The molecule has 4 heterocycles. The Morgan fingerprint density at radius 3 is 2.27 bits per heavy atom. The van der Waals surface area contributed by atoms with Crippen molar-refractivity contribution in [2.75, 3.05) is 79.6 Å². The topological polar surface area (TPSA) is 196 Å². The van der Waals surface area contributed by atoms with Crippen LogP contribution in [0.3, 0.4) is 0 Å². The van der Waals surface area contributed by atoms with E-state index in [2.05, 4.69) is 31.4 Å². The van der Waals surface area contributed by atoms with Crippen LogP contribution in [0.5, 0.6) is 5.75 Å². The first-order valence-corrected chi connectivity index (χ1v) is 17.0. The van der Waals surface area contributed by atoms with Gasteiger partial charge in [0.25, 0.3) is 17.6 Å². The highest BCUT2D eigenvalue weighted by Crippen LogP contribution is 2.32. The van der Waals surface area contributed by atoms with Crippen LogP contribution in [0.1, 0.15) is 46.3 Å². The van der Waals surface area contributed by atoms with E-state index in [1.165, 1.54) is 35.4 Å². The van der Waals surface area contributed by atoms with Gasteiger partial charge in [0.05, 0.1) is 87.7 Å². The van der Waals surface area contributed by atoms with Crippen molar-refractivity contribution in [3.05, 3.63) is 71.6 Å². The van der Waals surface area contributed by atoms with Crippen LogP contribution in [0.4, 0.5) is 0 Å². The molecule has 0 radical (unpaired) electrons. The van der Waals surface area contributed by atoms with Gasteiger partial charge >= 0.3 is 0 Å². The molecule has 1 fully saturated rings. The Morgan fingerprint density at radius 2 is 1.62 bits per heavy atom. The number of methoxy groups -OCH3 is 1. The van der Waals surface area contributed by atoms with E-state index in [0.29, 0.717) is 88.7 Å². The summed E-state index contributed by atoms with van der Waals surface area (Å²) in [5.41, 5.74) is 2.87. The van der Waals surface area contributed by atoms with Crippen LogP contribution >= 0.6 is 0 Å². The number of Topliss-reactive ketones (excluding diaryl/α,β-unsaturated/α-hetero) is 1. The van der Waals surface area contributed by atoms with E-state index in [9.17, 15) is 19.6 Å². The number of allylic oxidation sites excluding steroid dienone is 1. The first-order valence-electron chi connectivity index (χ1n) is 17.0. The number of nitriles is 1. The standard InChI is InChI=1S/C36H42N8O8/c1-3-49-15-16-51-19-20-52-18-17-50-14-11-38-35(46)33-41-24-44(42-33)34-31-30(29(48-2)23-40-34)28(22-39-31)32(45)36(47)43-12-9-26(10-13-43)27(21-37)25-7-5-4-6-8-25/h4-8,22-24,39H,3,9-20H2,1-2H3,(H,38,46). The van der Waals surface area contributed by atoms with E-state index in [-0.39, 0.29) is 36.1 Å². The minimum atomic E-state index is -0.715. The molecule has 0 unspecified atom stereocenters. The molecule has 1 saturated heterocycles. The van der Waals surface area contributed by atoms with Crippen LogP contribution in [0.2, 0.25) is 0 Å². The molecular formula is C36H42N8O8. The second-order valence-electron chi connectivity index (χ2n) is 11.5. The highest BCUT2D eigenvalue weighted by atomic mass is 16.6. The molecule has 3 aromatic heterocycles. The molecule has 2 N–H and O–H groups in total. The lowest BCUT2D eigenvalue weighted by atomic mass is 9.93. The maximum Gasteiger partial charge on any atom is 0.295 e. The Hall–Kier alpha value is -5.47. The van der Waals surface area contributed by atoms with Crippen molar-refractivity contribution < 1.29 is 38.1 Å². The molecule has 5 rings (SSSR count). The Labute approximate surface area is 300 Å². The van der Waals surface area contributed by atoms with E-state index in [4.69, 9.17) is 23.7 Å². The van der Waals surface area contributed by atoms with Gasteiger partial charge in [-0.1, -0.05) is 30.3 Å². The van der Waals surface area contributed by atoms with Gasteiger partial charge in [-0.25, -0.2) is 9.97 Å². The quantitative estimate of drug-likeness (QED) is 0.0625. The zero-order chi connectivity index (χ0) is 36.7. The zero-order valence-electron chi connectivity index (χ0n) is 29.3. The smallest absolute Gasteiger partial charge is 0.295 e. The predicted octanol–water partition coefficient (Wildman–Crippen LogP) is 2.75. The summed E-state index contributed by atoms with van der Waals surface area (Å²) in [5, 5.41) is 17.1. The molecule has 0 spiro atoms. The van der Waals surface area contributed by atoms with Gasteiger partial charge in [0.15, 0.2) is 5.82 Å². The Kier molecular flexibility index (Phi) is 14.0. The molecule has 0 aliphatic carbocycles. The number of rotatable bonds is 19. The van der Waals surface area contributed by atoms with Gasteiger partial charge < -0.3 is 38.9 Å². The molecule has 0 bridgehead atoms. The molecule has 52 heavy (non-hydrogen) atoms. The monoisotopic (exact) mass is 714 g/mol. The van der Waals surface area contributed by atoms with Crippen LogP contribution in [0.15, 0.2) is 54.6 Å². The number of benzene rings is 1. The van der Waals surface area contributed by atoms with E-state index in [1.807, 2.05) is 37.3 Å². The van der Waals surface area contributed by atoms with E-state index in [0.717, 1.165) is 11.1 Å². The normalized spacial score (nSPS) is 12.9. The maximum absolute atomic E-state index is 13.6. The largest absolute Gasteiger partial charge is 0.494 e. The average molecular weight is 715 g/mol. The molecule has 0 saturated carbocycles. The summed E-state index contributed by atoms with van der Waals surface area (Å²) in [6.45, 7) is 6.48. The number of ether oxygens (including phenoxy) is 5. The van der Waals surface area contributed by atoms with Crippen LogP contribution in [0, 0.1) is 11.3 Å². The number of aromatic amines is 1. The fraction of sp³-hybridized carbons (Fsp3) is 0.417. The molecule has 2 amide bonds. The predicted molar refractivity (Wildman–Crippen MR) is 188 cm³/mol. The summed E-state index contributed by atoms with van der Waals surface area (Å²) in [6, 6.07) is 11.7. The number of carbonyl (C=O) groups excluding carboxylic acids is 3. The van der Waals surface area contributed by atoms with E-state index < -0.39 is 17.6 Å². The van der Waals surface area contributed by atoms with E-state index >= 15 is 0 Å². The molecule has 1 aliphatic rings. The number of carbonyl (C=O) groups is 3. The molecule has 274 valence electrons. The van der Waals surface area contributed by atoms with Crippen LogP contribution in [0.25, 0.3) is 22.3 Å². The number of amides is 2. The number of hydrogen-bond donors (Lipinski definition) is 2. The van der Waals surface area contributed by atoms with Crippen molar-refractivity contribution in [2.24, 2.45) is 0 Å². The van der Waals surface area contributed by atoms with Gasteiger partial charge in [0.1, 0.15) is 12.1 Å². The summed E-state index contributed by atoms with van der Waals surface area (Å²) >= 11 is 0. The first-order chi connectivity index (χ1) is 25.5. The summed E-state index contributed by atoms with van der Waals surface area (Å²) in [5.74, 6) is -1.46. The maximum atomic E-state index is 13.6. The number of likely N-dealkylation sites (tertiary alicyclic amines) is 1. The number of pyridine rings is 1. The molecule has 16 nitrogen and oxygen atoms in total. The first kappa shape index (κ1) is 37.8. The Morgan fingerprint density at radius 1 is 0.942 bits per heavy atom. The van der Waals surface area contributed by atoms with Crippen LogP contribution < -0.4 is 10.1 Å². The highest BCUT2D eigenvalue weighted by molar-refractivity contribution is 6.45. The fourth-order valence-corrected chi connectivity index (χ4v) is 5.64. The number of piperidine rings is 1. The molecule has 1 aromatic carbocycles. The van der Waals surface area contributed by atoms with Crippen molar-refractivity contribution in [3.63, 3.8) is 0 Å². The Balaban J connectivity index is 1.15. The third-order valence-electron chi connectivity index (χ3n) is 8.26. The summed E-state index contributed by atoms with van der Waals surface area (Å²) < 4.78 is 28.3. The van der Waals surface area contributed by atoms with Crippen molar-refractivity contribution >= 4 is 34.1 Å².